The summed E-state index contributed by atoms with van der Waals surface area (Å²) in [6.45, 7) is 0.540. The van der Waals surface area contributed by atoms with Gasteiger partial charge in [0.1, 0.15) is 5.82 Å². The van der Waals surface area contributed by atoms with Crippen LogP contribution < -0.4 is 5.32 Å². The van der Waals surface area contributed by atoms with Gasteiger partial charge in [0, 0.05) is 6.20 Å². The van der Waals surface area contributed by atoms with Gasteiger partial charge in [-0.15, -0.1) is 0 Å². The van der Waals surface area contributed by atoms with Crippen LogP contribution in [-0.4, -0.2) is 35.8 Å². The van der Waals surface area contributed by atoms with Gasteiger partial charge in [-0.2, -0.15) is 0 Å². The van der Waals surface area contributed by atoms with Gasteiger partial charge < -0.3 is 15.2 Å². The van der Waals surface area contributed by atoms with Crippen molar-refractivity contribution >= 4 is 11.7 Å². The summed E-state index contributed by atoms with van der Waals surface area (Å²) in [6.07, 6.45) is 1.87. The van der Waals surface area contributed by atoms with E-state index in [2.05, 4.69) is 10.3 Å². The zero-order valence-electron chi connectivity index (χ0n) is 8.35. The molecule has 1 aromatic rings. The number of anilines is 1. The number of hydrogen-bond acceptors (Lipinski definition) is 4. The van der Waals surface area contributed by atoms with E-state index in [0.717, 1.165) is 0 Å². The summed E-state index contributed by atoms with van der Waals surface area (Å²) >= 11 is 0. The Hall–Kier alpha value is -1.46. The van der Waals surface area contributed by atoms with Crippen LogP contribution in [0.3, 0.4) is 0 Å². The topological polar surface area (TPSA) is 71.5 Å². The molecule has 0 unspecified atom stereocenters. The Balaban J connectivity index is 2.19. The van der Waals surface area contributed by atoms with Gasteiger partial charge >= 0.3 is 0 Å². The second-order valence-corrected chi connectivity index (χ2v) is 2.85. The molecule has 0 aliphatic carbocycles. The maximum absolute atomic E-state index is 11.3. The van der Waals surface area contributed by atoms with Crippen LogP contribution in [0, 0.1) is 0 Å². The number of carbonyl (C=O) groups is 1. The number of amides is 1. The molecule has 82 valence electrons. The Morgan fingerprint density at radius 1 is 1.47 bits per heavy atom. The van der Waals surface area contributed by atoms with Crippen LogP contribution in [0.15, 0.2) is 24.4 Å². The van der Waals surface area contributed by atoms with E-state index >= 15 is 0 Å². The second kappa shape index (κ2) is 6.92. The Morgan fingerprint density at radius 3 is 3.00 bits per heavy atom. The highest BCUT2D eigenvalue weighted by Crippen LogP contribution is 2.00. The van der Waals surface area contributed by atoms with E-state index in [4.69, 9.17) is 9.84 Å². The quantitative estimate of drug-likeness (QED) is 0.667. The second-order valence-electron chi connectivity index (χ2n) is 2.85. The molecule has 0 bridgehead atoms. The molecular weight excluding hydrogens is 196 g/mol. The molecule has 2 N–H and O–H groups in total. The van der Waals surface area contributed by atoms with Gasteiger partial charge in [0.2, 0.25) is 5.91 Å². The van der Waals surface area contributed by atoms with E-state index in [1.807, 2.05) is 0 Å². The van der Waals surface area contributed by atoms with Crippen LogP contribution >= 0.6 is 0 Å². The molecule has 0 radical (unpaired) electrons. The maximum atomic E-state index is 11.3. The molecule has 0 spiro atoms. The Kier molecular flexibility index (Phi) is 5.35. The van der Waals surface area contributed by atoms with Crippen LogP contribution in [-0.2, 0) is 9.53 Å². The molecule has 0 saturated heterocycles. The van der Waals surface area contributed by atoms with Crippen molar-refractivity contribution in [2.24, 2.45) is 0 Å². The van der Waals surface area contributed by atoms with E-state index in [1.54, 1.807) is 24.4 Å². The van der Waals surface area contributed by atoms with Crippen molar-refractivity contribution in [1.29, 1.82) is 0 Å². The van der Waals surface area contributed by atoms with E-state index in [0.29, 0.717) is 12.4 Å². The molecule has 1 aromatic heterocycles. The van der Waals surface area contributed by atoms with Gasteiger partial charge in [0.25, 0.3) is 0 Å². The molecule has 1 rings (SSSR count). The first-order valence-electron chi connectivity index (χ1n) is 4.72. The summed E-state index contributed by atoms with van der Waals surface area (Å²) in [5.41, 5.74) is 0. The molecule has 15 heavy (non-hydrogen) atoms. The van der Waals surface area contributed by atoms with Crippen LogP contribution in [0.25, 0.3) is 0 Å². The molecule has 0 fully saturated rings. The number of nitrogens with one attached hydrogen (secondary N) is 1. The van der Waals surface area contributed by atoms with Crippen LogP contribution in [0.5, 0.6) is 0 Å². The van der Waals surface area contributed by atoms with E-state index in [-0.39, 0.29) is 25.5 Å². The van der Waals surface area contributed by atoms with E-state index in [9.17, 15) is 4.79 Å². The number of carbonyl (C=O) groups excluding carboxylic acids is 1. The van der Waals surface area contributed by atoms with E-state index < -0.39 is 0 Å². The molecule has 0 aromatic carbocycles. The molecule has 0 aliphatic rings. The minimum atomic E-state index is -0.147. The third kappa shape index (κ3) is 5.09. The van der Waals surface area contributed by atoms with Crippen LogP contribution in [0.4, 0.5) is 5.82 Å². The number of aliphatic hydroxyl groups excluding tert-OH is 1. The molecule has 1 heterocycles. The van der Waals surface area contributed by atoms with Crippen molar-refractivity contribution in [1.82, 2.24) is 4.98 Å². The first-order chi connectivity index (χ1) is 7.33. The average Bonchev–Trinajstić information content (AvgIpc) is 2.26. The fourth-order valence-corrected chi connectivity index (χ4v) is 0.974. The van der Waals surface area contributed by atoms with Crippen LogP contribution in [0.2, 0.25) is 0 Å². The van der Waals surface area contributed by atoms with Crippen molar-refractivity contribution in [3.8, 4) is 0 Å². The van der Waals surface area contributed by atoms with Gasteiger partial charge in [-0.1, -0.05) is 6.07 Å². The summed E-state index contributed by atoms with van der Waals surface area (Å²) in [5.74, 6) is 0.385. The predicted octanol–water partition coefficient (Wildman–Crippen LogP) is 0.419. The maximum Gasteiger partial charge on any atom is 0.227 e. The molecule has 1 amide bonds. The number of hydrogen-bond donors (Lipinski definition) is 2. The van der Waals surface area contributed by atoms with Gasteiger partial charge in [0.15, 0.2) is 0 Å². The molecule has 0 atom stereocenters. The summed E-state index contributed by atoms with van der Waals surface area (Å²) in [4.78, 5) is 15.2. The van der Waals surface area contributed by atoms with E-state index in [1.165, 1.54) is 0 Å². The fraction of sp³-hybridized carbons (Fsp3) is 0.400. The number of ether oxygens (including phenoxy) is 1. The SMILES string of the molecule is O=C(CCOCCO)Nc1ccccn1. The molecule has 5 heteroatoms. The molecule has 0 saturated carbocycles. The summed E-state index contributed by atoms with van der Waals surface area (Å²) < 4.78 is 4.96. The predicted molar refractivity (Wildman–Crippen MR) is 55.4 cm³/mol. The van der Waals surface area contributed by atoms with Gasteiger partial charge in [0.05, 0.1) is 26.2 Å². The van der Waals surface area contributed by atoms with Gasteiger partial charge in [-0.05, 0) is 12.1 Å². The lowest BCUT2D eigenvalue weighted by Crippen LogP contribution is -2.15. The number of aromatic nitrogens is 1. The first-order valence-corrected chi connectivity index (χ1v) is 4.72. The first kappa shape index (κ1) is 11.6. The lowest BCUT2D eigenvalue weighted by molar-refractivity contribution is -0.117. The lowest BCUT2D eigenvalue weighted by Gasteiger charge is -2.04. The number of aliphatic hydroxyl groups is 1. The molecular formula is C10H14N2O3. The highest BCUT2D eigenvalue weighted by molar-refractivity contribution is 5.89. The smallest absolute Gasteiger partial charge is 0.227 e. The van der Waals surface area contributed by atoms with Crippen molar-refractivity contribution in [2.45, 2.75) is 6.42 Å². The Morgan fingerprint density at radius 2 is 2.33 bits per heavy atom. The third-order valence-electron chi connectivity index (χ3n) is 1.64. The average molecular weight is 210 g/mol. The molecule has 0 aliphatic heterocycles. The molecule has 5 nitrogen and oxygen atoms in total. The minimum Gasteiger partial charge on any atom is -0.394 e. The zero-order chi connectivity index (χ0) is 10.9. The minimum absolute atomic E-state index is 0.0259. The highest BCUT2D eigenvalue weighted by Gasteiger charge is 2.01. The number of pyridine rings is 1. The lowest BCUT2D eigenvalue weighted by atomic mass is 10.4. The van der Waals surface area contributed by atoms with Crippen LogP contribution in [0.1, 0.15) is 6.42 Å². The summed E-state index contributed by atoms with van der Waals surface area (Å²) in [6, 6.07) is 5.29. The normalized spacial score (nSPS) is 9.93. The highest BCUT2D eigenvalue weighted by atomic mass is 16.5. The zero-order valence-corrected chi connectivity index (χ0v) is 8.35. The number of rotatable bonds is 6. The summed E-state index contributed by atoms with van der Waals surface area (Å²) in [7, 11) is 0. The van der Waals surface area contributed by atoms with Crippen molar-refractivity contribution < 1.29 is 14.6 Å². The third-order valence-corrected chi connectivity index (χ3v) is 1.64. The Labute approximate surface area is 88.1 Å². The summed E-state index contributed by atoms with van der Waals surface area (Å²) in [5, 5.41) is 11.1. The van der Waals surface area contributed by atoms with Crippen molar-refractivity contribution in [2.75, 3.05) is 25.1 Å². The van der Waals surface area contributed by atoms with Crippen molar-refractivity contribution in [3.05, 3.63) is 24.4 Å². The Bertz CT molecular complexity index is 290. The standard InChI is InChI=1S/C10H14N2O3/c13-6-8-15-7-4-10(14)12-9-3-1-2-5-11-9/h1-3,5,13H,4,6-8H2,(H,11,12,14). The number of nitrogens with zero attached hydrogens (tertiary/aromatic N) is 1. The fourth-order valence-electron chi connectivity index (χ4n) is 0.974. The van der Waals surface area contributed by atoms with Gasteiger partial charge in [-0.25, -0.2) is 4.98 Å². The monoisotopic (exact) mass is 210 g/mol. The van der Waals surface area contributed by atoms with Gasteiger partial charge in [-0.3, -0.25) is 4.79 Å². The van der Waals surface area contributed by atoms with Crippen molar-refractivity contribution in [3.63, 3.8) is 0 Å². The largest absolute Gasteiger partial charge is 0.394 e.